The van der Waals surface area contributed by atoms with Crippen molar-refractivity contribution in [3.63, 3.8) is 0 Å². The lowest BCUT2D eigenvalue weighted by atomic mass is 10.1. The van der Waals surface area contributed by atoms with Gasteiger partial charge in [-0.25, -0.2) is 4.59 Å². The van der Waals surface area contributed by atoms with E-state index in [9.17, 15) is 0 Å². The molecule has 0 amide bonds. The summed E-state index contributed by atoms with van der Waals surface area (Å²) in [4.78, 5) is 4.20. The molecule has 2 rings (SSSR count). The fraction of sp³-hybridized carbons (Fsp3) is 0.545. The molecule has 0 radical (unpaired) electrons. The van der Waals surface area contributed by atoms with Crippen LogP contribution in [0, 0.1) is 0 Å². The van der Waals surface area contributed by atoms with Crippen molar-refractivity contribution < 1.29 is 0 Å². The van der Waals surface area contributed by atoms with Gasteiger partial charge < -0.3 is 0 Å². The summed E-state index contributed by atoms with van der Waals surface area (Å²) in [6.07, 6.45) is 7.77. The molecule has 1 aliphatic heterocycles. The Labute approximate surface area is 110 Å². The zero-order valence-electron chi connectivity index (χ0n) is 9.56. The molecule has 16 heavy (non-hydrogen) atoms. The minimum atomic E-state index is 0. The fourth-order valence-electron chi connectivity index (χ4n) is 2.27. The summed E-state index contributed by atoms with van der Waals surface area (Å²) in [5, 5.41) is 0. The number of rotatable bonds is 2. The number of halogens is 2. The summed E-state index contributed by atoms with van der Waals surface area (Å²) in [6.45, 7) is 2.37. The van der Waals surface area contributed by atoms with Crippen LogP contribution in [0.15, 0.2) is 24.5 Å². The molecule has 92 valence electrons. The van der Waals surface area contributed by atoms with Gasteiger partial charge in [0.05, 0.1) is 6.20 Å². The van der Waals surface area contributed by atoms with Crippen molar-refractivity contribution >= 4 is 30.5 Å². The van der Waals surface area contributed by atoms with Crippen molar-refractivity contribution in [1.29, 1.82) is 0 Å². The van der Waals surface area contributed by atoms with Crippen LogP contribution in [0.3, 0.4) is 0 Å². The van der Waals surface area contributed by atoms with Crippen LogP contribution < -0.4 is 10.0 Å². The first kappa shape index (κ1) is 15.7. The van der Waals surface area contributed by atoms with Gasteiger partial charge >= 0.3 is 0 Å². The highest BCUT2D eigenvalue weighted by Gasteiger charge is 2.31. The van der Waals surface area contributed by atoms with Crippen molar-refractivity contribution in [2.45, 2.75) is 19.3 Å². The third-order valence-corrected chi connectivity index (χ3v) is 3.15. The highest BCUT2D eigenvalue weighted by Crippen LogP contribution is 2.24. The normalized spacial score (nSPS) is 18.1. The van der Waals surface area contributed by atoms with Crippen LogP contribution in [0.1, 0.15) is 19.3 Å². The van der Waals surface area contributed by atoms with Crippen molar-refractivity contribution in [1.82, 2.24) is 15.0 Å². The zero-order valence-corrected chi connectivity index (χ0v) is 11.2. The van der Waals surface area contributed by atoms with Gasteiger partial charge in [-0.2, -0.15) is 5.43 Å². The quantitative estimate of drug-likeness (QED) is 0.831. The topological polar surface area (TPSA) is 24.9 Å². The van der Waals surface area contributed by atoms with Gasteiger partial charge in [-0.05, 0) is 25.3 Å². The Hall–Kier alpha value is -0.350. The molecule has 1 fully saturated rings. The van der Waals surface area contributed by atoms with E-state index in [0.717, 1.165) is 4.59 Å². The fourth-order valence-corrected chi connectivity index (χ4v) is 2.27. The molecule has 0 saturated carbocycles. The van der Waals surface area contributed by atoms with Gasteiger partial charge in [0.2, 0.25) is 0 Å². The van der Waals surface area contributed by atoms with Crippen molar-refractivity contribution in [2.75, 3.05) is 20.1 Å². The smallest absolute Gasteiger partial charge is 0.170 e. The lowest BCUT2D eigenvalue weighted by Crippen LogP contribution is -2.60. The molecule has 0 unspecified atom stereocenters. The molecule has 2 heterocycles. The van der Waals surface area contributed by atoms with Gasteiger partial charge in [0.25, 0.3) is 0 Å². The zero-order chi connectivity index (χ0) is 9.86. The molecule has 1 N–H and O–H groups in total. The molecule has 1 aliphatic rings. The van der Waals surface area contributed by atoms with Gasteiger partial charge in [0.1, 0.15) is 13.1 Å². The molecule has 0 atom stereocenters. The molecule has 0 aliphatic carbocycles. The third-order valence-electron chi connectivity index (χ3n) is 3.15. The minimum absolute atomic E-state index is 0. The van der Waals surface area contributed by atoms with Crippen LogP contribution in [0.5, 0.6) is 0 Å². The largest absolute Gasteiger partial charge is 0.258 e. The van der Waals surface area contributed by atoms with Crippen molar-refractivity contribution in [2.24, 2.45) is 0 Å². The van der Waals surface area contributed by atoms with Crippen LogP contribution in [0.4, 0.5) is 5.69 Å². The van der Waals surface area contributed by atoms with Gasteiger partial charge in [-0.15, -0.1) is 24.8 Å². The first-order chi connectivity index (χ1) is 6.87. The van der Waals surface area contributed by atoms with Crippen LogP contribution in [0.2, 0.25) is 0 Å². The molecular weight excluding hydrogens is 245 g/mol. The summed E-state index contributed by atoms with van der Waals surface area (Å²) >= 11 is 0. The molecule has 1 aromatic heterocycles. The molecule has 0 aromatic carbocycles. The Morgan fingerprint density at radius 1 is 1.19 bits per heavy atom. The van der Waals surface area contributed by atoms with E-state index in [4.69, 9.17) is 0 Å². The van der Waals surface area contributed by atoms with Crippen LogP contribution in [-0.4, -0.2) is 25.1 Å². The Morgan fingerprint density at radius 2 is 1.88 bits per heavy atom. The SMILES string of the molecule is CN[N+]1(c2cccnc2)CCCCC1.Cl.Cl. The molecule has 3 nitrogen and oxygen atoms in total. The Balaban J connectivity index is 0.00000112. The van der Waals surface area contributed by atoms with E-state index in [-0.39, 0.29) is 24.8 Å². The minimum Gasteiger partial charge on any atom is -0.258 e. The first-order valence-electron chi connectivity index (χ1n) is 5.34. The monoisotopic (exact) mass is 264 g/mol. The van der Waals surface area contributed by atoms with Crippen molar-refractivity contribution in [3.8, 4) is 0 Å². The first-order valence-corrected chi connectivity index (χ1v) is 5.34. The summed E-state index contributed by atoms with van der Waals surface area (Å²) < 4.78 is 0.897. The number of piperidine rings is 1. The molecule has 1 aromatic rings. The highest BCUT2D eigenvalue weighted by atomic mass is 35.5. The molecule has 1 saturated heterocycles. The van der Waals surface area contributed by atoms with E-state index in [0.29, 0.717) is 0 Å². The van der Waals surface area contributed by atoms with E-state index in [1.807, 2.05) is 25.5 Å². The molecule has 5 heteroatoms. The van der Waals surface area contributed by atoms with Gasteiger partial charge in [-0.1, -0.05) is 0 Å². The maximum atomic E-state index is 4.20. The molecular formula is C11H20Cl2N3+. The number of hydrogen-bond donors (Lipinski definition) is 1. The Morgan fingerprint density at radius 3 is 2.38 bits per heavy atom. The second-order valence-corrected chi connectivity index (χ2v) is 3.91. The third kappa shape index (κ3) is 3.08. The summed E-state index contributed by atoms with van der Waals surface area (Å²) in [7, 11) is 2.04. The average molecular weight is 265 g/mol. The number of nitrogens with one attached hydrogen (secondary N) is 1. The van der Waals surface area contributed by atoms with Gasteiger partial charge in [0.15, 0.2) is 5.69 Å². The maximum Gasteiger partial charge on any atom is 0.170 e. The number of quaternary nitrogens is 1. The number of hydrogen-bond acceptors (Lipinski definition) is 2. The van der Waals surface area contributed by atoms with Gasteiger partial charge in [-0.3, -0.25) is 4.98 Å². The lowest BCUT2D eigenvalue weighted by Gasteiger charge is -2.38. The lowest BCUT2D eigenvalue weighted by molar-refractivity contribution is 0.173. The number of nitrogens with zero attached hydrogens (tertiary/aromatic N) is 2. The average Bonchev–Trinajstić information content (AvgIpc) is 2.31. The summed E-state index contributed by atoms with van der Waals surface area (Å²) in [6, 6.07) is 4.18. The molecule has 0 bridgehead atoms. The summed E-state index contributed by atoms with van der Waals surface area (Å²) in [5.74, 6) is 0. The van der Waals surface area contributed by atoms with E-state index < -0.39 is 0 Å². The predicted molar refractivity (Wildman–Crippen MR) is 73.2 cm³/mol. The van der Waals surface area contributed by atoms with E-state index in [2.05, 4.69) is 16.5 Å². The summed E-state index contributed by atoms with van der Waals surface area (Å²) in [5.41, 5.74) is 4.72. The second-order valence-electron chi connectivity index (χ2n) is 3.91. The maximum absolute atomic E-state index is 4.20. The highest BCUT2D eigenvalue weighted by molar-refractivity contribution is 5.85. The Bertz CT molecular complexity index is 287. The predicted octanol–water partition coefficient (Wildman–Crippen LogP) is 2.55. The van der Waals surface area contributed by atoms with Crippen LogP contribution in [0.25, 0.3) is 0 Å². The van der Waals surface area contributed by atoms with E-state index in [1.165, 1.54) is 38.0 Å². The van der Waals surface area contributed by atoms with Crippen LogP contribution in [-0.2, 0) is 0 Å². The second kappa shape index (κ2) is 7.07. The van der Waals surface area contributed by atoms with E-state index >= 15 is 0 Å². The van der Waals surface area contributed by atoms with Crippen molar-refractivity contribution in [3.05, 3.63) is 24.5 Å². The van der Waals surface area contributed by atoms with Gasteiger partial charge in [0, 0.05) is 19.3 Å². The number of pyridine rings is 1. The number of aromatic nitrogens is 1. The van der Waals surface area contributed by atoms with E-state index in [1.54, 1.807) is 0 Å². The molecule has 0 spiro atoms. The Kier molecular flexibility index (Phi) is 6.91. The standard InChI is InChI=1S/C11H18N3.2ClH/c1-12-14(8-3-2-4-9-14)11-6-5-7-13-10-11;;/h5-7,10,12H,2-4,8-9H2,1H3;2*1H/q+1;;. The van der Waals surface area contributed by atoms with Crippen LogP contribution >= 0.6 is 24.8 Å².